The number of aryl methyl sites for hydroxylation is 1. The summed E-state index contributed by atoms with van der Waals surface area (Å²) in [6.07, 6.45) is 1.65. The van der Waals surface area contributed by atoms with E-state index in [4.69, 9.17) is 4.74 Å². The topological polar surface area (TPSA) is 93.5 Å². The van der Waals surface area contributed by atoms with Crippen molar-refractivity contribution in [2.45, 2.75) is 19.8 Å². The van der Waals surface area contributed by atoms with Gasteiger partial charge < -0.3 is 15.4 Å². The molecular formula is C16H22FN3O4. The van der Waals surface area contributed by atoms with Crippen LogP contribution in [0.15, 0.2) is 12.1 Å². The van der Waals surface area contributed by atoms with Crippen LogP contribution in [-0.4, -0.2) is 44.2 Å². The second-order valence-corrected chi connectivity index (χ2v) is 6.24. The summed E-state index contributed by atoms with van der Waals surface area (Å²) in [6.45, 7) is 3.86. The lowest BCUT2D eigenvalue weighted by Crippen LogP contribution is -2.47. The van der Waals surface area contributed by atoms with E-state index in [2.05, 4.69) is 10.6 Å². The van der Waals surface area contributed by atoms with Gasteiger partial charge in [0, 0.05) is 24.6 Å². The van der Waals surface area contributed by atoms with E-state index in [0.29, 0.717) is 13.2 Å². The molecule has 0 aromatic heterocycles. The molecule has 132 valence electrons. The Hall–Kier alpha value is -2.06. The summed E-state index contributed by atoms with van der Waals surface area (Å²) in [6, 6.07) is 1.96. The average molecular weight is 339 g/mol. The first-order valence-electron chi connectivity index (χ1n) is 7.81. The highest BCUT2D eigenvalue weighted by Crippen LogP contribution is 2.29. The van der Waals surface area contributed by atoms with E-state index in [9.17, 15) is 19.3 Å². The highest BCUT2D eigenvalue weighted by Gasteiger charge is 2.33. The molecular weight excluding hydrogens is 317 g/mol. The number of methoxy groups -OCH3 is 1. The van der Waals surface area contributed by atoms with E-state index in [1.54, 1.807) is 7.11 Å². The van der Waals surface area contributed by atoms with Crippen LogP contribution in [0.3, 0.4) is 0 Å². The molecule has 1 amide bonds. The molecule has 0 bridgehead atoms. The number of nitro benzene ring substituents is 1. The minimum absolute atomic E-state index is 0.124. The number of benzene rings is 1. The van der Waals surface area contributed by atoms with Crippen molar-refractivity contribution >= 4 is 11.6 Å². The van der Waals surface area contributed by atoms with Crippen LogP contribution in [0, 0.1) is 28.3 Å². The SMILES string of the molecule is COCC1(CNC(=O)c2cc(F)cc(C)c2[N+](=O)[O-])CCNCC1. The molecule has 1 fully saturated rings. The Bertz CT molecular complexity index is 624. The average Bonchev–Trinajstić information content (AvgIpc) is 2.52. The number of nitrogens with one attached hydrogen (secondary N) is 2. The maximum Gasteiger partial charge on any atom is 0.285 e. The zero-order valence-corrected chi connectivity index (χ0v) is 13.9. The minimum atomic E-state index is -0.670. The lowest BCUT2D eigenvalue weighted by molar-refractivity contribution is -0.385. The zero-order valence-electron chi connectivity index (χ0n) is 13.9. The number of carbonyl (C=O) groups is 1. The molecule has 24 heavy (non-hydrogen) atoms. The van der Waals surface area contributed by atoms with Gasteiger partial charge in [-0.3, -0.25) is 14.9 Å². The first kappa shape index (κ1) is 18.3. The predicted octanol–water partition coefficient (Wildman–Crippen LogP) is 1.79. The number of hydrogen-bond acceptors (Lipinski definition) is 5. The van der Waals surface area contributed by atoms with Crippen molar-refractivity contribution in [1.82, 2.24) is 10.6 Å². The molecule has 0 spiro atoms. The monoisotopic (exact) mass is 339 g/mol. The predicted molar refractivity (Wildman–Crippen MR) is 86.5 cm³/mol. The number of piperidine rings is 1. The third-order valence-corrected chi connectivity index (χ3v) is 4.43. The van der Waals surface area contributed by atoms with Gasteiger partial charge in [0.25, 0.3) is 11.6 Å². The maximum atomic E-state index is 13.6. The summed E-state index contributed by atoms with van der Waals surface area (Å²) in [5.41, 5.74) is -0.704. The fourth-order valence-electron chi connectivity index (χ4n) is 3.15. The normalized spacial score (nSPS) is 16.6. The number of hydrogen-bond donors (Lipinski definition) is 2. The van der Waals surface area contributed by atoms with Gasteiger partial charge in [-0.25, -0.2) is 4.39 Å². The van der Waals surface area contributed by atoms with Gasteiger partial charge in [-0.05, 0) is 45.0 Å². The number of amides is 1. The van der Waals surface area contributed by atoms with Crippen molar-refractivity contribution in [3.05, 3.63) is 39.2 Å². The molecule has 7 nitrogen and oxygen atoms in total. The number of halogens is 1. The molecule has 1 aromatic carbocycles. The Balaban J connectivity index is 2.19. The Morgan fingerprint density at radius 1 is 1.46 bits per heavy atom. The Kier molecular flexibility index (Phi) is 5.84. The summed E-state index contributed by atoms with van der Waals surface area (Å²) in [4.78, 5) is 23.0. The molecule has 8 heteroatoms. The van der Waals surface area contributed by atoms with Gasteiger partial charge in [-0.2, -0.15) is 0 Å². The molecule has 0 aliphatic carbocycles. The summed E-state index contributed by atoms with van der Waals surface area (Å²) in [7, 11) is 1.60. The van der Waals surface area contributed by atoms with Gasteiger partial charge in [0.2, 0.25) is 0 Å². The third kappa shape index (κ3) is 4.07. The van der Waals surface area contributed by atoms with E-state index in [-0.39, 0.29) is 22.2 Å². The lowest BCUT2D eigenvalue weighted by atomic mass is 9.79. The minimum Gasteiger partial charge on any atom is -0.384 e. The summed E-state index contributed by atoms with van der Waals surface area (Å²) in [5, 5.41) is 17.2. The van der Waals surface area contributed by atoms with Crippen molar-refractivity contribution < 1.29 is 18.8 Å². The van der Waals surface area contributed by atoms with Gasteiger partial charge in [0.1, 0.15) is 11.4 Å². The van der Waals surface area contributed by atoms with Gasteiger partial charge in [-0.15, -0.1) is 0 Å². The van der Waals surface area contributed by atoms with Crippen LogP contribution in [0.1, 0.15) is 28.8 Å². The fourth-order valence-corrected chi connectivity index (χ4v) is 3.15. The summed E-state index contributed by atoms with van der Waals surface area (Å²) >= 11 is 0. The summed E-state index contributed by atoms with van der Waals surface area (Å²) in [5.74, 6) is -1.31. The van der Waals surface area contributed by atoms with Crippen molar-refractivity contribution in [2.75, 3.05) is 33.4 Å². The van der Waals surface area contributed by atoms with E-state index in [0.717, 1.165) is 38.1 Å². The molecule has 1 aliphatic heterocycles. The van der Waals surface area contributed by atoms with Crippen LogP contribution in [0.5, 0.6) is 0 Å². The van der Waals surface area contributed by atoms with Crippen LogP contribution in [0.2, 0.25) is 0 Å². The fraction of sp³-hybridized carbons (Fsp3) is 0.562. The largest absolute Gasteiger partial charge is 0.384 e. The summed E-state index contributed by atoms with van der Waals surface area (Å²) < 4.78 is 18.9. The Labute approximate surface area is 139 Å². The maximum absolute atomic E-state index is 13.6. The molecule has 1 aromatic rings. The third-order valence-electron chi connectivity index (χ3n) is 4.43. The molecule has 1 aliphatic rings. The highest BCUT2D eigenvalue weighted by molar-refractivity contribution is 5.98. The molecule has 1 saturated heterocycles. The van der Waals surface area contributed by atoms with Crippen LogP contribution < -0.4 is 10.6 Å². The zero-order chi connectivity index (χ0) is 17.7. The smallest absolute Gasteiger partial charge is 0.285 e. The first-order valence-corrected chi connectivity index (χ1v) is 7.81. The second-order valence-electron chi connectivity index (χ2n) is 6.24. The van der Waals surface area contributed by atoms with Crippen molar-refractivity contribution in [3.8, 4) is 0 Å². The van der Waals surface area contributed by atoms with Gasteiger partial charge in [-0.1, -0.05) is 0 Å². The first-order chi connectivity index (χ1) is 11.4. The number of carbonyl (C=O) groups excluding carboxylic acids is 1. The van der Waals surface area contributed by atoms with Crippen molar-refractivity contribution in [1.29, 1.82) is 0 Å². The number of rotatable bonds is 6. The van der Waals surface area contributed by atoms with Gasteiger partial charge in [0.05, 0.1) is 11.5 Å². The van der Waals surface area contributed by atoms with E-state index < -0.39 is 16.6 Å². The van der Waals surface area contributed by atoms with Crippen LogP contribution in [0.25, 0.3) is 0 Å². The van der Waals surface area contributed by atoms with E-state index in [1.807, 2.05) is 0 Å². The van der Waals surface area contributed by atoms with Gasteiger partial charge in [0.15, 0.2) is 0 Å². The molecule has 2 N–H and O–H groups in total. The molecule has 1 heterocycles. The van der Waals surface area contributed by atoms with Crippen LogP contribution >= 0.6 is 0 Å². The lowest BCUT2D eigenvalue weighted by Gasteiger charge is -2.37. The van der Waals surface area contributed by atoms with E-state index >= 15 is 0 Å². The van der Waals surface area contributed by atoms with Crippen molar-refractivity contribution in [3.63, 3.8) is 0 Å². The number of ether oxygens (including phenoxy) is 1. The second kappa shape index (κ2) is 7.67. The molecule has 0 unspecified atom stereocenters. The molecule has 2 rings (SSSR count). The van der Waals surface area contributed by atoms with Gasteiger partial charge >= 0.3 is 0 Å². The number of nitro groups is 1. The quantitative estimate of drug-likeness (QED) is 0.609. The van der Waals surface area contributed by atoms with Crippen LogP contribution in [0.4, 0.5) is 10.1 Å². The molecule has 0 saturated carbocycles. The van der Waals surface area contributed by atoms with E-state index in [1.165, 1.54) is 6.92 Å². The molecule has 0 radical (unpaired) electrons. The van der Waals surface area contributed by atoms with Crippen molar-refractivity contribution in [2.24, 2.45) is 5.41 Å². The number of nitrogens with zero attached hydrogens (tertiary/aromatic N) is 1. The molecule has 0 atom stereocenters. The Morgan fingerprint density at radius 2 is 2.12 bits per heavy atom. The standard InChI is InChI=1S/C16H22FN3O4/c1-11-7-12(17)8-13(14(11)20(22)23)15(21)19-9-16(10-24-2)3-5-18-6-4-16/h7-8,18H,3-6,9-10H2,1-2H3,(H,19,21). The highest BCUT2D eigenvalue weighted by atomic mass is 19.1. The van der Waals surface area contributed by atoms with Crippen LogP contribution in [-0.2, 0) is 4.74 Å². The Morgan fingerprint density at radius 3 is 2.71 bits per heavy atom.